The van der Waals surface area contributed by atoms with Crippen molar-refractivity contribution in [2.75, 3.05) is 0 Å². The Bertz CT molecular complexity index is 231. The van der Waals surface area contributed by atoms with E-state index in [1.165, 1.54) is 5.61 Å². The van der Waals surface area contributed by atoms with E-state index in [0.29, 0.717) is 18.4 Å². The second-order valence-electron chi connectivity index (χ2n) is 3.96. The molecule has 0 N–H and O–H groups in total. The third-order valence-electron chi connectivity index (χ3n) is 2.72. The Morgan fingerprint density at radius 3 is 2.58 bits per heavy atom. The largest absolute Gasteiger partial charge is 0.277 e. The zero-order valence-corrected chi connectivity index (χ0v) is 8.33. The summed E-state index contributed by atoms with van der Waals surface area (Å²) in [6, 6.07) is 0. The van der Waals surface area contributed by atoms with Crippen LogP contribution in [0.5, 0.6) is 0 Å². The quantitative estimate of drug-likeness (QED) is 0.519. The van der Waals surface area contributed by atoms with Crippen LogP contribution < -0.4 is 0 Å². The molecule has 12 heavy (non-hydrogen) atoms. The van der Waals surface area contributed by atoms with E-state index in [1.807, 2.05) is 0 Å². The summed E-state index contributed by atoms with van der Waals surface area (Å²) in [6.45, 7) is 9.18. The molecule has 0 spiro atoms. The molecule has 2 radical (unpaired) electrons. The molecule has 0 saturated heterocycles. The van der Waals surface area contributed by atoms with Crippen molar-refractivity contribution in [2.24, 2.45) is 10.9 Å². The van der Waals surface area contributed by atoms with Crippen molar-refractivity contribution >= 4 is 20.2 Å². The van der Waals surface area contributed by atoms with E-state index >= 15 is 0 Å². The summed E-state index contributed by atoms with van der Waals surface area (Å²) in [5, 5.41) is 0. The summed E-state index contributed by atoms with van der Waals surface area (Å²) >= 11 is 0. The smallest absolute Gasteiger partial charge is 0.198 e. The van der Waals surface area contributed by atoms with Gasteiger partial charge in [-0.1, -0.05) is 20.7 Å². The van der Waals surface area contributed by atoms with Gasteiger partial charge in [-0.05, 0) is 24.3 Å². The first-order chi connectivity index (χ1) is 5.54. The third-order valence-corrected chi connectivity index (χ3v) is 2.72. The van der Waals surface area contributed by atoms with Crippen LogP contribution in [-0.2, 0) is 0 Å². The second-order valence-corrected chi connectivity index (χ2v) is 3.96. The molecule has 1 atom stereocenters. The molecule has 0 aliphatic carbocycles. The predicted octanol–water partition coefficient (Wildman–Crippen LogP) is 2.16. The monoisotopic (exact) mass is 159 g/mol. The molecule has 0 bridgehead atoms. The molecule has 0 aromatic rings. The maximum atomic E-state index is 5.89. The maximum Gasteiger partial charge on any atom is 0.198 e. The summed E-state index contributed by atoms with van der Waals surface area (Å²) in [5.41, 5.74) is 2.13. The van der Waals surface area contributed by atoms with Gasteiger partial charge in [-0.3, -0.25) is 4.99 Å². The molecular weight excluding hydrogens is 144 g/mol. The molecule has 1 unspecified atom stereocenters. The minimum Gasteiger partial charge on any atom is -0.277 e. The van der Waals surface area contributed by atoms with E-state index in [4.69, 9.17) is 7.85 Å². The first-order valence-corrected chi connectivity index (χ1v) is 4.54. The fraction of sp³-hybridized carbons (Fsp3) is 0.667. The maximum absolute atomic E-state index is 5.89. The highest BCUT2D eigenvalue weighted by atomic mass is 14.7. The summed E-state index contributed by atoms with van der Waals surface area (Å²) in [6.07, 6.45) is 1.81. The highest BCUT2D eigenvalue weighted by molar-refractivity contribution is 6.92. The van der Waals surface area contributed by atoms with Crippen LogP contribution in [0.3, 0.4) is 0 Å². The van der Waals surface area contributed by atoms with Crippen molar-refractivity contribution in [1.29, 1.82) is 0 Å². The van der Waals surface area contributed by atoms with Gasteiger partial charge >= 0.3 is 0 Å². The highest BCUT2D eigenvalue weighted by Gasteiger charge is 2.29. The number of rotatable bonds is 1. The lowest BCUT2D eigenvalue weighted by Gasteiger charge is -2.29. The van der Waals surface area contributed by atoms with Gasteiger partial charge in [-0.15, -0.1) is 5.47 Å². The molecule has 0 aromatic carbocycles. The van der Waals surface area contributed by atoms with Gasteiger partial charge in [-0.25, -0.2) is 0 Å². The normalized spacial score (nSPS) is 24.1. The minimum absolute atomic E-state index is 0.475. The van der Waals surface area contributed by atoms with Crippen LogP contribution in [0.2, 0.25) is 12.6 Å². The van der Waals surface area contributed by atoms with Crippen molar-refractivity contribution in [3.8, 4) is 0 Å². The number of nitrogens with zero attached hydrogens (tertiary/aromatic N) is 1. The van der Waals surface area contributed by atoms with Crippen molar-refractivity contribution in [3.63, 3.8) is 0 Å². The Morgan fingerprint density at radius 1 is 1.58 bits per heavy atom. The first kappa shape index (κ1) is 9.63. The van der Waals surface area contributed by atoms with E-state index in [2.05, 4.69) is 32.6 Å². The fourth-order valence-corrected chi connectivity index (χ4v) is 1.89. The third kappa shape index (κ3) is 1.65. The molecule has 62 valence electrons. The molecule has 1 nitrogen and oxygen atoms in total. The Morgan fingerprint density at radius 2 is 2.17 bits per heavy atom. The Hall–Kier alpha value is -0.460. The zero-order valence-electron chi connectivity index (χ0n) is 8.33. The first-order valence-electron chi connectivity index (χ1n) is 4.54. The summed E-state index contributed by atoms with van der Waals surface area (Å²) in [5.74, 6) is 1.07. The Kier molecular flexibility index (Phi) is 2.81. The van der Waals surface area contributed by atoms with Crippen LogP contribution in [0, 0.1) is 5.92 Å². The average molecular weight is 159 g/mol. The Labute approximate surface area is 76.8 Å². The lowest BCUT2D eigenvalue weighted by molar-refractivity contribution is 0.645. The Balaban J connectivity index is 2.89. The topological polar surface area (TPSA) is 12.4 Å². The van der Waals surface area contributed by atoms with Gasteiger partial charge in [0.25, 0.3) is 0 Å². The molecule has 0 fully saturated rings. The highest BCUT2D eigenvalue weighted by Crippen LogP contribution is 2.31. The molecule has 0 amide bonds. The lowest BCUT2D eigenvalue weighted by atomic mass is 9.34. The summed E-state index contributed by atoms with van der Waals surface area (Å²) < 4.78 is 0. The molecule has 0 saturated carbocycles. The van der Waals surface area contributed by atoms with Crippen molar-refractivity contribution in [3.05, 3.63) is 11.7 Å². The second kappa shape index (κ2) is 3.51. The van der Waals surface area contributed by atoms with Crippen LogP contribution in [-0.4, -0.2) is 20.2 Å². The standard InChI is InChI=1S/C9H15B2N/c1-6(2)9-8(10)5-12-7(3)11(9)4/h5-6,9H,1-4H3. The number of allylic oxidation sites excluding steroid dienone is 1. The van der Waals surface area contributed by atoms with Crippen molar-refractivity contribution in [1.82, 2.24) is 0 Å². The van der Waals surface area contributed by atoms with E-state index < -0.39 is 0 Å². The minimum atomic E-state index is 0.475. The van der Waals surface area contributed by atoms with Crippen molar-refractivity contribution < 1.29 is 0 Å². The van der Waals surface area contributed by atoms with Crippen LogP contribution in [0.15, 0.2) is 16.7 Å². The van der Waals surface area contributed by atoms with Gasteiger partial charge < -0.3 is 0 Å². The summed E-state index contributed by atoms with van der Waals surface area (Å²) in [4.78, 5) is 4.25. The molecule has 1 rings (SSSR count). The van der Waals surface area contributed by atoms with Gasteiger partial charge in [0.05, 0.1) is 0 Å². The SMILES string of the molecule is [B]C1=CN=C(C)B(C)C1C(C)C. The van der Waals surface area contributed by atoms with Crippen LogP contribution >= 0.6 is 0 Å². The number of hydrogen-bond donors (Lipinski definition) is 0. The van der Waals surface area contributed by atoms with Gasteiger partial charge in [0.2, 0.25) is 0 Å². The van der Waals surface area contributed by atoms with Gasteiger partial charge in [0.1, 0.15) is 7.85 Å². The average Bonchev–Trinajstić information content (AvgIpc) is 1.97. The van der Waals surface area contributed by atoms with Gasteiger partial charge in [-0.2, -0.15) is 0 Å². The molecule has 1 aliphatic rings. The number of hydrogen-bond acceptors (Lipinski definition) is 1. The molecule has 3 heteroatoms. The van der Waals surface area contributed by atoms with Gasteiger partial charge in [0, 0.05) is 6.20 Å². The summed E-state index contributed by atoms with van der Waals surface area (Å²) in [7, 11) is 5.89. The van der Waals surface area contributed by atoms with Gasteiger partial charge in [0.15, 0.2) is 6.71 Å². The van der Waals surface area contributed by atoms with E-state index in [1.54, 1.807) is 6.20 Å². The zero-order chi connectivity index (χ0) is 9.30. The molecule has 0 aromatic heterocycles. The fourth-order valence-electron chi connectivity index (χ4n) is 1.89. The van der Waals surface area contributed by atoms with Crippen LogP contribution in [0.25, 0.3) is 0 Å². The van der Waals surface area contributed by atoms with E-state index in [0.717, 1.165) is 5.47 Å². The lowest BCUT2D eigenvalue weighted by Crippen LogP contribution is -2.32. The van der Waals surface area contributed by atoms with E-state index in [-0.39, 0.29) is 0 Å². The predicted molar refractivity (Wildman–Crippen MR) is 57.2 cm³/mol. The number of aliphatic imine (C=N–C) groups is 1. The molecular formula is C9H15B2N. The molecule has 1 aliphatic heterocycles. The van der Waals surface area contributed by atoms with Crippen molar-refractivity contribution in [2.45, 2.75) is 33.4 Å². The molecule has 1 heterocycles. The van der Waals surface area contributed by atoms with Crippen LogP contribution in [0.1, 0.15) is 20.8 Å². The van der Waals surface area contributed by atoms with Crippen LogP contribution in [0.4, 0.5) is 0 Å². The van der Waals surface area contributed by atoms with E-state index in [9.17, 15) is 0 Å².